The minimum atomic E-state index is -0.0531. The summed E-state index contributed by atoms with van der Waals surface area (Å²) in [5.41, 5.74) is 2.64. The van der Waals surface area contributed by atoms with Gasteiger partial charge in [0.25, 0.3) is 0 Å². The zero-order chi connectivity index (χ0) is 14.5. The van der Waals surface area contributed by atoms with Gasteiger partial charge in [0, 0.05) is 10.9 Å². The lowest BCUT2D eigenvalue weighted by Crippen LogP contribution is -2.07. The molecule has 1 heterocycles. The Labute approximate surface area is 120 Å². The summed E-state index contributed by atoms with van der Waals surface area (Å²) >= 11 is 0. The number of ether oxygens (including phenoxy) is 1. The Morgan fingerprint density at radius 1 is 1.25 bits per heavy atom. The van der Waals surface area contributed by atoms with E-state index in [1.165, 1.54) is 0 Å². The Morgan fingerprint density at radius 3 is 2.65 bits per heavy atom. The van der Waals surface area contributed by atoms with Gasteiger partial charge in [-0.2, -0.15) is 0 Å². The van der Waals surface area contributed by atoms with Crippen LogP contribution in [0.5, 0.6) is 5.75 Å². The van der Waals surface area contributed by atoms with E-state index in [0.717, 1.165) is 40.8 Å². The van der Waals surface area contributed by atoms with Crippen LogP contribution in [-0.4, -0.2) is 16.7 Å². The fraction of sp³-hybridized carbons (Fsp3) is 0.471. The second kappa shape index (κ2) is 6.71. The van der Waals surface area contributed by atoms with Gasteiger partial charge in [-0.1, -0.05) is 39.3 Å². The second-order valence-electron chi connectivity index (χ2n) is 5.33. The molecule has 1 N–H and O–H groups in total. The molecule has 0 saturated carbocycles. The standard InChI is InChI=1S/C17H23NO2/c1-4-5-10-20-17-13-8-6-7-9-14(13)18-15(11-19)16(17)12(2)3/h6-9,12,19H,4-5,10-11H2,1-3H3. The molecule has 1 aromatic heterocycles. The predicted octanol–water partition coefficient (Wildman–Crippen LogP) is 4.03. The summed E-state index contributed by atoms with van der Waals surface area (Å²) in [6.45, 7) is 7.02. The van der Waals surface area contributed by atoms with Gasteiger partial charge in [0.2, 0.25) is 0 Å². The van der Waals surface area contributed by atoms with Crippen LogP contribution in [0, 0.1) is 0 Å². The Bertz CT molecular complexity index is 578. The van der Waals surface area contributed by atoms with E-state index >= 15 is 0 Å². The Hall–Kier alpha value is -1.61. The summed E-state index contributed by atoms with van der Waals surface area (Å²) in [5.74, 6) is 1.16. The summed E-state index contributed by atoms with van der Waals surface area (Å²) in [4.78, 5) is 4.57. The normalized spacial score (nSPS) is 11.2. The molecule has 2 rings (SSSR count). The van der Waals surface area contributed by atoms with Crippen molar-refractivity contribution >= 4 is 10.9 Å². The van der Waals surface area contributed by atoms with Gasteiger partial charge in [0.15, 0.2) is 0 Å². The molecule has 3 nitrogen and oxygen atoms in total. The first-order chi connectivity index (χ1) is 9.69. The van der Waals surface area contributed by atoms with Crippen LogP contribution in [0.15, 0.2) is 24.3 Å². The number of hydrogen-bond donors (Lipinski definition) is 1. The average Bonchev–Trinajstić information content (AvgIpc) is 2.46. The van der Waals surface area contributed by atoms with Gasteiger partial charge in [-0.15, -0.1) is 0 Å². The molecule has 0 spiro atoms. The number of unbranched alkanes of at least 4 members (excludes halogenated alkanes) is 1. The van der Waals surface area contributed by atoms with Crippen molar-refractivity contribution in [1.82, 2.24) is 4.98 Å². The molecule has 0 radical (unpaired) electrons. The third-order valence-corrected chi connectivity index (χ3v) is 3.43. The van der Waals surface area contributed by atoms with E-state index in [-0.39, 0.29) is 12.5 Å². The van der Waals surface area contributed by atoms with Crippen LogP contribution in [0.4, 0.5) is 0 Å². The van der Waals surface area contributed by atoms with E-state index in [1.54, 1.807) is 0 Å². The first kappa shape index (κ1) is 14.8. The van der Waals surface area contributed by atoms with E-state index in [9.17, 15) is 5.11 Å². The fourth-order valence-electron chi connectivity index (χ4n) is 2.43. The molecule has 108 valence electrons. The van der Waals surface area contributed by atoms with Crippen LogP contribution < -0.4 is 4.74 Å². The maximum atomic E-state index is 9.60. The van der Waals surface area contributed by atoms with Crippen molar-refractivity contribution in [2.24, 2.45) is 0 Å². The fourth-order valence-corrected chi connectivity index (χ4v) is 2.43. The number of para-hydroxylation sites is 1. The number of benzene rings is 1. The number of rotatable bonds is 6. The second-order valence-corrected chi connectivity index (χ2v) is 5.33. The van der Waals surface area contributed by atoms with Crippen molar-refractivity contribution in [3.8, 4) is 5.75 Å². The maximum absolute atomic E-state index is 9.60. The first-order valence-electron chi connectivity index (χ1n) is 7.34. The highest BCUT2D eigenvalue weighted by Gasteiger charge is 2.18. The quantitative estimate of drug-likeness (QED) is 0.808. The molecule has 0 bridgehead atoms. The zero-order valence-electron chi connectivity index (χ0n) is 12.5. The molecule has 20 heavy (non-hydrogen) atoms. The summed E-state index contributed by atoms with van der Waals surface area (Å²) in [5, 5.41) is 10.6. The predicted molar refractivity (Wildman–Crippen MR) is 82.2 cm³/mol. The molecule has 0 aliphatic heterocycles. The smallest absolute Gasteiger partial charge is 0.134 e. The molecular formula is C17H23NO2. The number of aliphatic hydroxyl groups is 1. The number of pyridine rings is 1. The lowest BCUT2D eigenvalue weighted by atomic mass is 9.97. The van der Waals surface area contributed by atoms with Gasteiger partial charge in [-0.3, -0.25) is 0 Å². The molecule has 0 aliphatic rings. The average molecular weight is 273 g/mol. The largest absolute Gasteiger partial charge is 0.493 e. The molecule has 2 aromatic rings. The van der Waals surface area contributed by atoms with Crippen molar-refractivity contribution in [3.63, 3.8) is 0 Å². The van der Waals surface area contributed by atoms with Gasteiger partial charge in [0.1, 0.15) is 5.75 Å². The number of aliphatic hydroxyl groups excluding tert-OH is 1. The van der Waals surface area contributed by atoms with Crippen LogP contribution in [0.1, 0.15) is 50.8 Å². The molecule has 0 fully saturated rings. The molecule has 0 unspecified atom stereocenters. The molecular weight excluding hydrogens is 250 g/mol. The van der Waals surface area contributed by atoms with Crippen molar-refractivity contribution in [1.29, 1.82) is 0 Å². The van der Waals surface area contributed by atoms with Crippen LogP contribution in [-0.2, 0) is 6.61 Å². The van der Waals surface area contributed by atoms with E-state index in [4.69, 9.17) is 4.74 Å². The van der Waals surface area contributed by atoms with E-state index in [1.807, 2.05) is 24.3 Å². The van der Waals surface area contributed by atoms with Gasteiger partial charge >= 0.3 is 0 Å². The first-order valence-corrected chi connectivity index (χ1v) is 7.34. The van der Waals surface area contributed by atoms with Crippen molar-refractivity contribution in [2.45, 2.75) is 46.1 Å². The number of hydrogen-bond acceptors (Lipinski definition) is 3. The van der Waals surface area contributed by atoms with Crippen molar-refractivity contribution in [2.75, 3.05) is 6.61 Å². The van der Waals surface area contributed by atoms with E-state index in [0.29, 0.717) is 6.61 Å². The molecule has 0 aliphatic carbocycles. The highest BCUT2D eigenvalue weighted by molar-refractivity contribution is 5.87. The topological polar surface area (TPSA) is 42.4 Å². The van der Waals surface area contributed by atoms with Crippen LogP contribution in [0.3, 0.4) is 0 Å². The van der Waals surface area contributed by atoms with E-state index in [2.05, 4.69) is 25.8 Å². The zero-order valence-corrected chi connectivity index (χ0v) is 12.5. The van der Waals surface area contributed by atoms with Crippen LogP contribution >= 0.6 is 0 Å². The molecule has 0 atom stereocenters. The van der Waals surface area contributed by atoms with Crippen molar-refractivity contribution in [3.05, 3.63) is 35.5 Å². The molecule has 1 aromatic carbocycles. The SMILES string of the molecule is CCCCOc1c(C(C)C)c(CO)nc2ccccc12. The van der Waals surface area contributed by atoms with Gasteiger partial charge < -0.3 is 9.84 Å². The molecule has 0 saturated heterocycles. The number of aromatic nitrogens is 1. The minimum Gasteiger partial charge on any atom is -0.493 e. The Balaban J connectivity index is 2.59. The van der Waals surface area contributed by atoms with E-state index < -0.39 is 0 Å². The summed E-state index contributed by atoms with van der Waals surface area (Å²) < 4.78 is 6.04. The molecule has 0 amide bonds. The van der Waals surface area contributed by atoms with Gasteiger partial charge in [-0.05, 0) is 24.5 Å². The Kier molecular flexibility index (Phi) is 4.96. The summed E-state index contributed by atoms with van der Waals surface area (Å²) in [6, 6.07) is 7.96. The summed E-state index contributed by atoms with van der Waals surface area (Å²) in [6.07, 6.45) is 2.13. The number of fused-ring (bicyclic) bond motifs is 1. The monoisotopic (exact) mass is 273 g/mol. The lowest BCUT2D eigenvalue weighted by molar-refractivity contribution is 0.271. The minimum absolute atomic E-state index is 0.0531. The highest BCUT2D eigenvalue weighted by Crippen LogP contribution is 2.35. The maximum Gasteiger partial charge on any atom is 0.134 e. The third kappa shape index (κ3) is 2.93. The Morgan fingerprint density at radius 2 is 2.00 bits per heavy atom. The third-order valence-electron chi connectivity index (χ3n) is 3.43. The van der Waals surface area contributed by atoms with Gasteiger partial charge in [-0.25, -0.2) is 4.98 Å². The lowest BCUT2D eigenvalue weighted by Gasteiger charge is -2.19. The van der Waals surface area contributed by atoms with Gasteiger partial charge in [0.05, 0.1) is 24.4 Å². The van der Waals surface area contributed by atoms with Crippen LogP contribution in [0.2, 0.25) is 0 Å². The van der Waals surface area contributed by atoms with Crippen molar-refractivity contribution < 1.29 is 9.84 Å². The molecule has 3 heteroatoms. The summed E-state index contributed by atoms with van der Waals surface area (Å²) in [7, 11) is 0. The van der Waals surface area contributed by atoms with Crippen LogP contribution in [0.25, 0.3) is 10.9 Å². The number of nitrogens with zero attached hydrogens (tertiary/aromatic N) is 1. The highest BCUT2D eigenvalue weighted by atomic mass is 16.5.